The van der Waals surface area contributed by atoms with Gasteiger partial charge in [-0.25, -0.2) is 0 Å². The molecule has 2 saturated carbocycles. The lowest BCUT2D eigenvalue weighted by Crippen LogP contribution is -2.51. The van der Waals surface area contributed by atoms with Crippen LogP contribution < -0.4 is 0 Å². The minimum Gasteiger partial charge on any atom is -0.389 e. The van der Waals surface area contributed by atoms with Gasteiger partial charge in [-0.2, -0.15) is 0 Å². The first-order chi connectivity index (χ1) is 8.27. The van der Waals surface area contributed by atoms with Crippen LogP contribution in [0.1, 0.15) is 64.2 Å². The average Bonchev–Trinajstić information content (AvgIpc) is 2.79. The van der Waals surface area contributed by atoms with Crippen molar-refractivity contribution in [2.45, 2.75) is 75.9 Å². The molecule has 0 amide bonds. The molecule has 0 radical (unpaired) electrons. The highest BCUT2D eigenvalue weighted by molar-refractivity contribution is 4.94. The Balaban J connectivity index is 1.63. The normalized spacial score (nSPS) is 37.9. The molecule has 1 N–H and O–H groups in total. The van der Waals surface area contributed by atoms with Crippen LogP contribution in [0.4, 0.5) is 0 Å². The Bertz CT molecular complexity index is 260. The van der Waals surface area contributed by atoms with Crippen molar-refractivity contribution in [2.75, 3.05) is 13.1 Å². The maximum absolute atomic E-state index is 10.7. The lowest BCUT2D eigenvalue weighted by Gasteiger charge is -2.43. The van der Waals surface area contributed by atoms with Crippen LogP contribution in [0.15, 0.2) is 0 Å². The molecule has 1 aliphatic heterocycles. The highest BCUT2D eigenvalue weighted by atomic mass is 16.3. The SMILES string of the molecule is OC1(CN2CCCC3CCCC32)CCCCC1. The van der Waals surface area contributed by atoms with Gasteiger partial charge in [-0.05, 0) is 51.0 Å². The molecule has 3 fully saturated rings. The van der Waals surface area contributed by atoms with Crippen molar-refractivity contribution < 1.29 is 5.11 Å². The maximum atomic E-state index is 10.7. The van der Waals surface area contributed by atoms with Crippen molar-refractivity contribution in [1.29, 1.82) is 0 Å². The van der Waals surface area contributed by atoms with Crippen LogP contribution in [-0.4, -0.2) is 34.7 Å². The van der Waals surface area contributed by atoms with Crippen LogP contribution >= 0.6 is 0 Å². The van der Waals surface area contributed by atoms with E-state index in [1.807, 2.05) is 0 Å². The van der Waals surface area contributed by atoms with Gasteiger partial charge in [0.2, 0.25) is 0 Å². The minimum atomic E-state index is -0.345. The molecule has 2 heteroatoms. The fourth-order valence-corrected chi connectivity index (χ4v) is 4.50. The summed E-state index contributed by atoms with van der Waals surface area (Å²) >= 11 is 0. The summed E-state index contributed by atoms with van der Waals surface area (Å²) < 4.78 is 0. The molecule has 17 heavy (non-hydrogen) atoms. The number of β-amino-alcohol motifs (C(OH)–C–C–N with tert-alkyl or cyclic N) is 1. The van der Waals surface area contributed by atoms with Crippen molar-refractivity contribution in [2.24, 2.45) is 5.92 Å². The number of piperidine rings is 1. The third-order valence-electron chi connectivity index (χ3n) is 5.39. The van der Waals surface area contributed by atoms with Crippen LogP contribution in [0, 0.1) is 5.92 Å². The van der Waals surface area contributed by atoms with Crippen LogP contribution in [0.25, 0.3) is 0 Å². The third kappa shape index (κ3) is 2.53. The molecule has 3 aliphatic rings. The number of nitrogens with zero attached hydrogens (tertiary/aromatic N) is 1. The van der Waals surface area contributed by atoms with Crippen LogP contribution in [0.3, 0.4) is 0 Å². The highest BCUT2D eigenvalue weighted by Crippen LogP contribution is 2.38. The van der Waals surface area contributed by atoms with Gasteiger partial charge in [0.15, 0.2) is 0 Å². The molecular weight excluding hydrogens is 210 g/mol. The summed E-state index contributed by atoms with van der Waals surface area (Å²) in [4.78, 5) is 2.65. The van der Waals surface area contributed by atoms with Crippen molar-refractivity contribution in [3.05, 3.63) is 0 Å². The Morgan fingerprint density at radius 3 is 2.53 bits per heavy atom. The Morgan fingerprint density at radius 2 is 1.71 bits per heavy atom. The molecule has 0 aromatic rings. The molecule has 0 aromatic heterocycles. The monoisotopic (exact) mass is 237 g/mol. The Labute approximate surface area is 105 Å². The molecule has 2 nitrogen and oxygen atoms in total. The second-order valence-electron chi connectivity index (χ2n) is 6.66. The predicted molar refractivity (Wildman–Crippen MR) is 70.0 cm³/mol. The van der Waals surface area contributed by atoms with Gasteiger partial charge < -0.3 is 5.11 Å². The first-order valence-electron chi connectivity index (χ1n) is 7.73. The van der Waals surface area contributed by atoms with Crippen molar-refractivity contribution in [3.63, 3.8) is 0 Å². The summed E-state index contributed by atoms with van der Waals surface area (Å²) in [6.45, 7) is 2.21. The second kappa shape index (κ2) is 4.89. The topological polar surface area (TPSA) is 23.5 Å². The first kappa shape index (κ1) is 12.0. The van der Waals surface area contributed by atoms with E-state index in [4.69, 9.17) is 0 Å². The van der Waals surface area contributed by atoms with Gasteiger partial charge >= 0.3 is 0 Å². The second-order valence-corrected chi connectivity index (χ2v) is 6.66. The molecule has 98 valence electrons. The van der Waals surface area contributed by atoms with Gasteiger partial charge in [-0.3, -0.25) is 4.90 Å². The number of hydrogen-bond donors (Lipinski definition) is 1. The zero-order chi connectivity index (χ0) is 11.7. The van der Waals surface area contributed by atoms with Crippen LogP contribution in [-0.2, 0) is 0 Å². The number of aliphatic hydroxyl groups is 1. The van der Waals surface area contributed by atoms with E-state index in [1.54, 1.807) is 0 Å². The van der Waals surface area contributed by atoms with Gasteiger partial charge in [0.05, 0.1) is 5.60 Å². The standard InChI is InChI=1S/C15H27NO/c17-15(9-2-1-3-10-15)12-16-11-5-7-13-6-4-8-14(13)16/h13-14,17H,1-12H2. The maximum Gasteiger partial charge on any atom is 0.0774 e. The minimum absolute atomic E-state index is 0.345. The van der Waals surface area contributed by atoms with Gasteiger partial charge in [-0.15, -0.1) is 0 Å². The zero-order valence-electron chi connectivity index (χ0n) is 11.0. The lowest BCUT2D eigenvalue weighted by molar-refractivity contribution is -0.0470. The Morgan fingerprint density at radius 1 is 0.941 bits per heavy atom. The third-order valence-corrected chi connectivity index (χ3v) is 5.39. The summed E-state index contributed by atoms with van der Waals surface area (Å²) in [5.74, 6) is 0.955. The average molecular weight is 237 g/mol. The fourth-order valence-electron chi connectivity index (χ4n) is 4.50. The molecule has 0 aromatic carbocycles. The predicted octanol–water partition coefficient (Wildman–Crippen LogP) is 2.95. The zero-order valence-corrected chi connectivity index (χ0v) is 11.0. The molecule has 1 saturated heterocycles. The van der Waals surface area contributed by atoms with Gasteiger partial charge in [-0.1, -0.05) is 25.7 Å². The van der Waals surface area contributed by atoms with E-state index in [0.717, 1.165) is 31.3 Å². The Hall–Kier alpha value is -0.0800. The van der Waals surface area contributed by atoms with Crippen molar-refractivity contribution in [1.82, 2.24) is 4.90 Å². The van der Waals surface area contributed by atoms with E-state index in [0.29, 0.717) is 0 Å². The lowest BCUT2D eigenvalue weighted by atomic mass is 9.83. The molecule has 2 atom stereocenters. The summed E-state index contributed by atoms with van der Waals surface area (Å²) in [6, 6.07) is 0.815. The quantitative estimate of drug-likeness (QED) is 0.798. The highest BCUT2D eigenvalue weighted by Gasteiger charge is 2.39. The molecule has 1 heterocycles. The molecular formula is C15H27NO. The van der Waals surface area contributed by atoms with E-state index < -0.39 is 0 Å². The van der Waals surface area contributed by atoms with Crippen LogP contribution in [0.2, 0.25) is 0 Å². The number of fused-ring (bicyclic) bond motifs is 1. The van der Waals surface area contributed by atoms with Gasteiger partial charge in [0.1, 0.15) is 0 Å². The number of rotatable bonds is 2. The number of hydrogen-bond acceptors (Lipinski definition) is 2. The number of likely N-dealkylation sites (tertiary alicyclic amines) is 1. The largest absolute Gasteiger partial charge is 0.389 e. The van der Waals surface area contributed by atoms with Crippen molar-refractivity contribution in [3.8, 4) is 0 Å². The summed E-state index contributed by atoms with van der Waals surface area (Å²) in [5, 5.41) is 10.7. The Kier molecular flexibility index (Phi) is 3.45. The fraction of sp³-hybridized carbons (Fsp3) is 1.00. The van der Waals surface area contributed by atoms with E-state index in [-0.39, 0.29) is 5.60 Å². The molecule has 0 bridgehead atoms. The van der Waals surface area contributed by atoms with Gasteiger partial charge in [0.25, 0.3) is 0 Å². The van der Waals surface area contributed by atoms with E-state index in [2.05, 4.69) is 4.90 Å². The molecule has 2 aliphatic carbocycles. The van der Waals surface area contributed by atoms with E-state index >= 15 is 0 Å². The van der Waals surface area contributed by atoms with E-state index in [9.17, 15) is 5.11 Å². The summed E-state index contributed by atoms with van der Waals surface area (Å²) in [5.41, 5.74) is -0.345. The van der Waals surface area contributed by atoms with Crippen LogP contribution in [0.5, 0.6) is 0 Å². The van der Waals surface area contributed by atoms with Crippen molar-refractivity contribution >= 4 is 0 Å². The smallest absolute Gasteiger partial charge is 0.0774 e. The molecule has 2 unspecified atom stereocenters. The van der Waals surface area contributed by atoms with Gasteiger partial charge in [0, 0.05) is 12.6 Å². The summed E-state index contributed by atoms with van der Waals surface area (Å²) in [7, 11) is 0. The molecule has 0 spiro atoms. The molecule has 3 rings (SSSR count). The first-order valence-corrected chi connectivity index (χ1v) is 7.73. The summed E-state index contributed by atoms with van der Waals surface area (Å²) in [6.07, 6.45) is 12.9. The van der Waals surface area contributed by atoms with E-state index in [1.165, 1.54) is 57.9 Å².